The number of fused-ring (bicyclic) bond motifs is 1. The molecule has 2 aromatic carbocycles. The van der Waals surface area contributed by atoms with Gasteiger partial charge < -0.3 is 20.7 Å². The highest BCUT2D eigenvalue weighted by atomic mass is 19.1. The minimum Gasteiger partial charge on any atom is -0.482 e. The van der Waals surface area contributed by atoms with Crippen molar-refractivity contribution in [1.82, 2.24) is 0 Å². The van der Waals surface area contributed by atoms with Crippen molar-refractivity contribution >= 4 is 28.7 Å². The molecule has 0 aliphatic carbocycles. The van der Waals surface area contributed by atoms with Crippen LogP contribution in [0.1, 0.15) is 0 Å². The lowest BCUT2D eigenvalue weighted by Gasteiger charge is -2.25. The second-order valence-electron chi connectivity index (χ2n) is 4.78. The van der Waals surface area contributed by atoms with Gasteiger partial charge in [0.1, 0.15) is 11.6 Å². The van der Waals surface area contributed by atoms with E-state index in [0.29, 0.717) is 28.5 Å². The lowest BCUT2D eigenvalue weighted by Crippen LogP contribution is -2.26. The number of benzene rings is 2. The van der Waals surface area contributed by atoms with Gasteiger partial charge in [0.25, 0.3) is 5.91 Å². The second kappa shape index (κ2) is 4.97. The van der Waals surface area contributed by atoms with E-state index < -0.39 is 0 Å². The zero-order chi connectivity index (χ0) is 15.0. The molecular weight excluding hydrogens is 273 g/mol. The number of nitrogens with zero attached hydrogens (tertiary/aromatic N) is 1. The SMILES string of the molecule is CN(c1cccc(F)c1)c1cc2c(cc1N)OCC(=O)N2. The molecule has 108 valence electrons. The van der Waals surface area contributed by atoms with Crippen molar-refractivity contribution in [2.75, 3.05) is 29.6 Å². The Labute approximate surface area is 121 Å². The first-order chi connectivity index (χ1) is 10.0. The molecule has 1 aliphatic heterocycles. The Morgan fingerprint density at radius 2 is 2.14 bits per heavy atom. The van der Waals surface area contributed by atoms with Gasteiger partial charge in [-0.15, -0.1) is 0 Å². The predicted molar refractivity (Wildman–Crippen MR) is 79.4 cm³/mol. The maximum atomic E-state index is 13.3. The van der Waals surface area contributed by atoms with E-state index >= 15 is 0 Å². The van der Waals surface area contributed by atoms with E-state index in [-0.39, 0.29) is 18.3 Å². The van der Waals surface area contributed by atoms with Crippen LogP contribution in [0, 0.1) is 5.82 Å². The van der Waals surface area contributed by atoms with Crippen molar-refractivity contribution in [2.24, 2.45) is 0 Å². The van der Waals surface area contributed by atoms with Crippen LogP contribution in [0.2, 0.25) is 0 Å². The van der Waals surface area contributed by atoms with E-state index in [9.17, 15) is 9.18 Å². The number of amides is 1. The summed E-state index contributed by atoms with van der Waals surface area (Å²) in [6.45, 7) is -0.0223. The average molecular weight is 287 g/mol. The minimum atomic E-state index is -0.326. The van der Waals surface area contributed by atoms with E-state index in [2.05, 4.69) is 5.32 Å². The molecule has 2 aromatic rings. The Morgan fingerprint density at radius 1 is 1.33 bits per heavy atom. The predicted octanol–water partition coefficient (Wildman–Crippen LogP) is 2.51. The summed E-state index contributed by atoms with van der Waals surface area (Å²) in [4.78, 5) is 13.1. The summed E-state index contributed by atoms with van der Waals surface area (Å²) in [7, 11) is 1.78. The van der Waals surface area contributed by atoms with Gasteiger partial charge in [-0.1, -0.05) is 6.07 Å². The molecule has 1 amide bonds. The molecule has 0 atom stereocenters. The first-order valence-electron chi connectivity index (χ1n) is 6.40. The van der Waals surface area contributed by atoms with Gasteiger partial charge >= 0.3 is 0 Å². The summed E-state index contributed by atoms with van der Waals surface area (Å²) in [5, 5.41) is 2.72. The number of halogens is 1. The number of carbonyl (C=O) groups is 1. The molecule has 0 saturated carbocycles. The topological polar surface area (TPSA) is 67.6 Å². The number of nitrogens with two attached hydrogens (primary N) is 1. The molecule has 0 spiro atoms. The Hall–Kier alpha value is -2.76. The number of carbonyl (C=O) groups excluding carboxylic acids is 1. The van der Waals surface area contributed by atoms with Gasteiger partial charge in [0.2, 0.25) is 0 Å². The maximum absolute atomic E-state index is 13.3. The minimum absolute atomic E-state index is 0.0223. The number of hydrogen-bond acceptors (Lipinski definition) is 4. The highest BCUT2D eigenvalue weighted by Crippen LogP contribution is 2.38. The van der Waals surface area contributed by atoms with Crippen LogP contribution in [0.5, 0.6) is 5.75 Å². The molecule has 1 aliphatic rings. The average Bonchev–Trinajstić information content (AvgIpc) is 2.46. The van der Waals surface area contributed by atoms with Crippen LogP contribution in [-0.4, -0.2) is 19.6 Å². The molecule has 0 bridgehead atoms. The van der Waals surface area contributed by atoms with Crippen LogP contribution in [-0.2, 0) is 4.79 Å². The first-order valence-corrected chi connectivity index (χ1v) is 6.40. The van der Waals surface area contributed by atoms with Gasteiger partial charge in [-0.2, -0.15) is 0 Å². The largest absolute Gasteiger partial charge is 0.482 e. The van der Waals surface area contributed by atoms with Crippen molar-refractivity contribution in [3.05, 3.63) is 42.2 Å². The Balaban J connectivity index is 2.02. The third-order valence-corrected chi connectivity index (χ3v) is 3.32. The highest BCUT2D eigenvalue weighted by molar-refractivity contribution is 5.97. The second-order valence-corrected chi connectivity index (χ2v) is 4.78. The van der Waals surface area contributed by atoms with Gasteiger partial charge in [-0.3, -0.25) is 4.79 Å². The normalized spacial score (nSPS) is 13.1. The lowest BCUT2D eigenvalue weighted by molar-refractivity contribution is -0.118. The zero-order valence-electron chi connectivity index (χ0n) is 11.4. The van der Waals surface area contributed by atoms with E-state index in [1.807, 2.05) is 0 Å². The summed E-state index contributed by atoms with van der Waals surface area (Å²) < 4.78 is 18.6. The number of hydrogen-bond donors (Lipinski definition) is 2. The van der Waals surface area contributed by atoms with Gasteiger partial charge in [0, 0.05) is 18.8 Å². The van der Waals surface area contributed by atoms with Gasteiger partial charge in [-0.25, -0.2) is 4.39 Å². The number of rotatable bonds is 2. The summed E-state index contributed by atoms with van der Waals surface area (Å²) >= 11 is 0. The van der Waals surface area contributed by atoms with Crippen molar-refractivity contribution in [3.63, 3.8) is 0 Å². The summed E-state index contributed by atoms with van der Waals surface area (Å²) in [5.41, 5.74) is 8.38. The van der Waals surface area contributed by atoms with E-state index in [4.69, 9.17) is 10.5 Å². The van der Waals surface area contributed by atoms with Gasteiger partial charge in [0.15, 0.2) is 6.61 Å². The monoisotopic (exact) mass is 287 g/mol. The van der Waals surface area contributed by atoms with Gasteiger partial charge in [0.05, 0.1) is 17.1 Å². The Morgan fingerprint density at radius 3 is 2.90 bits per heavy atom. The van der Waals surface area contributed by atoms with E-state index in [1.165, 1.54) is 12.1 Å². The Bertz CT molecular complexity index is 718. The van der Waals surface area contributed by atoms with Crippen LogP contribution >= 0.6 is 0 Å². The quantitative estimate of drug-likeness (QED) is 0.833. The number of nitrogen functional groups attached to an aromatic ring is 1. The zero-order valence-corrected chi connectivity index (χ0v) is 11.4. The van der Waals surface area contributed by atoms with E-state index in [1.54, 1.807) is 36.2 Å². The van der Waals surface area contributed by atoms with Crippen LogP contribution < -0.4 is 20.7 Å². The van der Waals surface area contributed by atoms with E-state index in [0.717, 1.165) is 0 Å². The first kappa shape index (κ1) is 13.2. The molecule has 5 nitrogen and oxygen atoms in total. The fourth-order valence-electron chi connectivity index (χ4n) is 2.25. The molecule has 3 rings (SSSR count). The van der Waals surface area contributed by atoms with Crippen molar-refractivity contribution in [3.8, 4) is 5.75 Å². The van der Waals surface area contributed by atoms with Crippen molar-refractivity contribution in [1.29, 1.82) is 0 Å². The molecule has 0 radical (unpaired) electrons. The Kier molecular flexibility index (Phi) is 3.13. The third-order valence-electron chi connectivity index (χ3n) is 3.32. The number of anilines is 4. The smallest absolute Gasteiger partial charge is 0.262 e. The molecule has 1 heterocycles. The fourth-order valence-corrected chi connectivity index (χ4v) is 2.25. The lowest BCUT2D eigenvalue weighted by atomic mass is 10.1. The number of ether oxygens (including phenoxy) is 1. The maximum Gasteiger partial charge on any atom is 0.262 e. The third kappa shape index (κ3) is 2.47. The van der Waals surface area contributed by atoms with Gasteiger partial charge in [-0.05, 0) is 24.3 Å². The summed E-state index contributed by atoms with van der Waals surface area (Å²) in [5.74, 6) is -0.0114. The molecule has 0 saturated heterocycles. The van der Waals surface area contributed by atoms with Crippen molar-refractivity contribution < 1.29 is 13.9 Å². The summed E-state index contributed by atoms with van der Waals surface area (Å²) in [6.07, 6.45) is 0. The fraction of sp³-hybridized carbons (Fsp3) is 0.133. The van der Waals surface area contributed by atoms with Crippen LogP contribution in [0.25, 0.3) is 0 Å². The highest BCUT2D eigenvalue weighted by Gasteiger charge is 2.19. The molecule has 21 heavy (non-hydrogen) atoms. The molecular formula is C15H14FN3O2. The van der Waals surface area contributed by atoms with Crippen molar-refractivity contribution in [2.45, 2.75) is 0 Å². The number of nitrogens with one attached hydrogen (secondary N) is 1. The molecule has 3 N–H and O–H groups in total. The van der Waals surface area contributed by atoms with Crippen LogP contribution in [0.4, 0.5) is 27.1 Å². The summed E-state index contributed by atoms with van der Waals surface area (Å²) in [6, 6.07) is 9.56. The molecule has 0 aromatic heterocycles. The van der Waals surface area contributed by atoms with Crippen LogP contribution in [0.3, 0.4) is 0 Å². The van der Waals surface area contributed by atoms with Crippen LogP contribution in [0.15, 0.2) is 36.4 Å². The molecule has 0 fully saturated rings. The molecule has 6 heteroatoms. The molecule has 0 unspecified atom stereocenters. The standard InChI is InChI=1S/C15H14FN3O2/c1-19(10-4-2-3-9(16)5-10)13-7-12-14(6-11(13)17)21-8-15(20)18-12/h2-7H,8,17H2,1H3,(H,18,20).